The van der Waals surface area contributed by atoms with Gasteiger partial charge in [-0.15, -0.1) is 0 Å². The Hall–Kier alpha value is -2.59. The van der Waals surface area contributed by atoms with E-state index in [-0.39, 0.29) is 5.78 Å². The molecule has 1 heterocycles. The average Bonchev–Trinajstić information content (AvgIpc) is 2.67. The van der Waals surface area contributed by atoms with Gasteiger partial charge in [-0.2, -0.15) is 0 Å². The van der Waals surface area contributed by atoms with E-state index in [0.717, 1.165) is 4.90 Å². The molecule has 1 aliphatic heterocycles. The van der Waals surface area contributed by atoms with Crippen LogP contribution in [0.2, 0.25) is 0 Å². The summed E-state index contributed by atoms with van der Waals surface area (Å²) in [6.45, 7) is 4.81. The van der Waals surface area contributed by atoms with Crippen molar-refractivity contribution in [2.75, 3.05) is 0 Å². The van der Waals surface area contributed by atoms with Crippen molar-refractivity contribution >= 4 is 17.6 Å². The minimum Gasteiger partial charge on any atom is -0.300 e. The van der Waals surface area contributed by atoms with Crippen LogP contribution in [0.15, 0.2) is 47.4 Å². The molecule has 0 aliphatic carbocycles. The predicted octanol–water partition coefficient (Wildman–Crippen LogP) is 1.80. The van der Waals surface area contributed by atoms with Crippen molar-refractivity contribution in [3.05, 3.63) is 47.4 Å². The maximum absolute atomic E-state index is 11.6. The summed E-state index contributed by atoms with van der Waals surface area (Å²) in [5, 5.41) is 0. The normalized spacial score (nSPS) is 12.6. The monoisotopic (exact) mass is 255 g/mol. The van der Waals surface area contributed by atoms with Gasteiger partial charge in [0.15, 0.2) is 0 Å². The summed E-state index contributed by atoms with van der Waals surface area (Å²) in [6, 6.07) is 0. The molecule has 4 heteroatoms. The molecule has 0 bridgehead atoms. The van der Waals surface area contributed by atoms with E-state index in [2.05, 4.69) is 29.5 Å². The molecule has 1 aliphatic rings. The number of carbonyl (C=O) groups excluding carboxylic acids is 3. The largest absolute Gasteiger partial charge is 0.300 e. The maximum Gasteiger partial charge on any atom is 0.258 e. The molecule has 0 spiro atoms. The molecule has 19 heavy (non-hydrogen) atoms. The van der Waals surface area contributed by atoms with Crippen molar-refractivity contribution < 1.29 is 14.4 Å². The van der Waals surface area contributed by atoms with Crippen LogP contribution in [-0.2, 0) is 14.4 Å². The number of allylic oxidation sites excluding steroid dienone is 1. The molecular formula is C15H13NO3. The second-order valence-corrected chi connectivity index (χ2v) is 3.90. The van der Waals surface area contributed by atoms with E-state index < -0.39 is 11.8 Å². The van der Waals surface area contributed by atoms with Gasteiger partial charge < -0.3 is 4.79 Å². The summed E-state index contributed by atoms with van der Waals surface area (Å²) in [5.41, 5.74) is 10.4. The van der Waals surface area contributed by atoms with Crippen LogP contribution in [-0.4, -0.2) is 22.5 Å². The van der Waals surface area contributed by atoms with Crippen molar-refractivity contribution in [2.45, 2.75) is 26.2 Å². The van der Waals surface area contributed by atoms with Gasteiger partial charge in [-0.05, 0) is 43.5 Å². The standard InChI is InChI=1S/C15H13NO3/c1-3-4-5-8-13(9-6-7-12(2)17)16-14(18)10-11-15(16)19/h10-11H,1,6-7,9H2,2H3. The summed E-state index contributed by atoms with van der Waals surface area (Å²) >= 11 is 0. The third-order valence-electron chi connectivity index (χ3n) is 2.38. The zero-order valence-electron chi connectivity index (χ0n) is 10.7. The van der Waals surface area contributed by atoms with Crippen molar-refractivity contribution in [2.24, 2.45) is 0 Å². The molecule has 0 aromatic carbocycles. The lowest BCUT2D eigenvalue weighted by Crippen LogP contribution is -2.28. The lowest BCUT2D eigenvalue weighted by Gasteiger charge is -2.15. The molecule has 2 amide bonds. The van der Waals surface area contributed by atoms with E-state index in [1.807, 2.05) is 0 Å². The Bertz CT molecular complexity index is 583. The number of hydrogen-bond acceptors (Lipinski definition) is 3. The molecule has 0 radical (unpaired) electrons. The first-order chi connectivity index (χ1) is 9.06. The zero-order chi connectivity index (χ0) is 14.3. The van der Waals surface area contributed by atoms with Gasteiger partial charge in [0.25, 0.3) is 11.8 Å². The maximum atomic E-state index is 11.6. The fourth-order valence-electron chi connectivity index (χ4n) is 1.55. The number of nitrogens with zero attached hydrogens (tertiary/aromatic N) is 1. The van der Waals surface area contributed by atoms with Crippen LogP contribution in [0.1, 0.15) is 26.2 Å². The average molecular weight is 255 g/mol. The number of carbonyl (C=O) groups is 3. The molecule has 4 nitrogen and oxygen atoms in total. The van der Waals surface area contributed by atoms with Gasteiger partial charge in [0.1, 0.15) is 5.78 Å². The highest BCUT2D eigenvalue weighted by molar-refractivity contribution is 6.14. The van der Waals surface area contributed by atoms with Crippen LogP contribution in [0.4, 0.5) is 0 Å². The highest BCUT2D eigenvalue weighted by Gasteiger charge is 2.26. The van der Waals surface area contributed by atoms with E-state index >= 15 is 0 Å². The van der Waals surface area contributed by atoms with Gasteiger partial charge in [0.2, 0.25) is 0 Å². The van der Waals surface area contributed by atoms with Gasteiger partial charge in [0.05, 0.1) is 5.70 Å². The Balaban J connectivity index is 3.01. The Morgan fingerprint density at radius 2 is 1.84 bits per heavy atom. The quantitative estimate of drug-likeness (QED) is 0.556. The van der Waals surface area contributed by atoms with Gasteiger partial charge in [-0.3, -0.25) is 9.59 Å². The summed E-state index contributed by atoms with van der Waals surface area (Å²) in [6.07, 6.45) is 3.69. The first-order valence-electron chi connectivity index (χ1n) is 5.75. The lowest BCUT2D eigenvalue weighted by molar-refractivity contribution is -0.134. The smallest absolute Gasteiger partial charge is 0.258 e. The minimum absolute atomic E-state index is 0.0575. The number of imide groups is 1. The summed E-state index contributed by atoms with van der Waals surface area (Å²) in [5.74, 6) is -0.776. The van der Waals surface area contributed by atoms with Crippen molar-refractivity contribution in [1.29, 1.82) is 0 Å². The van der Waals surface area contributed by atoms with E-state index in [1.54, 1.807) is 0 Å². The van der Waals surface area contributed by atoms with Crippen LogP contribution in [0.3, 0.4) is 0 Å². The van der Waals surface area contributed by atoms with Crippen LogP contribution < -0.4 is 0 Å². The molecule has 0 saturated heterocycles. The van der Waals surface area contributed by atoms with Crippen molar-refractivity contribution in [3.8, 4) is 0 Å². The molecule has 0 atom stereocenters. The summed E-state index contributed by atoms with van der Waals surface area (Å²) < 4.78 is 0. The van der Waals surface area contributed by atoms with Gasteiger partial charge >= 0.3 is 0 Å². The Morgan fingerprint density at radius 1 is 1.21 bits per heavy atom. The molecule has 0 aromatic heterocycles. The fourth-order valence-corrected chi connectivity index (χ4v) is 1.55. The van der Waals surface area contributed by atoms with Crippen LogP contribution >= 0.6 is 0 Å². The molecule has 0 fully saturated rings. The first-order valence-corrected chi connectivity index (χ1v) is 5.75. The highest BCUT2D eigenvalue weighted by Crippen LogP contribution is 2.17. The number of amides is 2. The second kappa shape index (κ2) is 6.98. The Labute approximate surface area is 111 Å². The van der Waals surface area contributed by atoms with Crippen LogP contribution in [0.25, 0.3) is 0 Å². The third-order valence-corrected chi connectivity index (χ3v) is 2.38. The molecule has 0 N–H and O–H groups in total. The number of ketones is 1. The zero-order valence-corrected chi connectivity index (χ0v) is 10.7. The topological polar surface area (TPSA) is 54.5 Å². The lowest BCUT2D eigenvalue weighted by atomic mass is 10.1. The molecule has 96 valence electrons. The Kier molecular flexibility index (Phi) is 5.32. The van der Waals surface area contributed by atoms with E-state index in [0.29, 0.717) is 25.0 Å². The van der Waals surface area contributed by atoms with E-state index in [4.69, 9.17) is 0 Å². The SMILES string of the molecule is C=C=C=C=C=C(CCCC(C)=O)N1C(=O)C=CC1=O. The molecule has 0 unspecified atom stereocenters. The molecule has 1 rings (SSSR count). The molecule has 0 aromatic rings. The first kappa shape index (κ1) is 14.5. The predicted molar refractivity (Wildman–Crippen MR) is 68.7 cm³/mol. The second-order valence-electron chi connectivity index (χ2n) is 3.90. The number of rotatable bonds is 5. The van der Waals surface area contributed by atoms with Gasteiger partial charge in [-0.1, -0.05) is 5.73 Å². The number of Topliss-reactive ketones (excluding diaryl/α,β-unsaturated/α-hetero) is 1. The van der Waals surface area contributed by atoms with Crippen LogP contribution in [0, 0.1) is 0 Å². The van der Waals surface area contributed by atoms with Crippen LogP contribution in [0.5, 0.6) is 0 Å². The Morgan fingerprint density at radius 3 is 2.37 bits per heavy atom. The van der Waals surface area contributed by atoms with Crippen molar-refractivity contribution in [1.82, 2.24) is 4.90 Å². The summed E-state index contributed by atoms with van der Waals surface area (Å²) in [7, 11) is 0. The van der Waals surface area contributed by atoms with E-state index in [9.17, 15) is 14.4 Å². The third kappa shape index (κ3) is 4.29. The number of hydrogen-bond donors (Lipinski definition) is 0. The highest BCUT2D eigenvalue weighted by atomic mass is 16.2. The fraction of sp³-hybridized carbons (Fsp3) is 0.267. The van der Waals surface area contributed by atoms with Gasteiger partial charge in [-0.25, -0.2) is 4.90 Å². The van der Waals surface area contributed by atoms with E-state index in [1.165, 1.54) is 19.1 Å². The summed E-state index contributed by atoms with van der Waals surface area (Å²) in [4.78, 5) is 35.1. The molecular weight excluding hydrogens is 242 g/mol. The van der Waals surface area contributed by atoms with Crippen molar-refractivity contribution in [3.63, 3.8) is 0 Å². The minimum atomic E-state index is -0.417. The molecule has 0 saturated carbocycles. The van der Waals surface area contributed by atoms with Gasteiger partial charge in [0, 0.05) is 18.6 Å².